The number of anilines is 2. The van der Waals surface area contributed by atoms with Crippen molar-refractivity contribution < 1.29 is 0 Å². The molecule has 6 rings (SSSR count). The van der Waals surface area contributed by atoms with Crippen LogP contribution in [0.4, 0.5) is 11.4 Å². The van der Waals surface area contributed by atoms with Crippen LogP contribution in [0.25, 0.3) is 0 Å². The molecule has 3 aromatic rings. The first-order valence-corrected chi connectivity index (χ1v) is 15.5. The summed E-state index contributed by atoms with van der Waals surface area (Å²) in [7, 11) is 2.36. The fourth-order valence-electron chi connectivity index (χ4n) is 8.63. The number of rotatable bonds is 2. The fourth-order valence-corrected chi connectivity index (χ4v) is 8.63. The number of fused-ring (bicyclic) bond motifs is 3. The van der Waals surface area contributed by atoms with Gasteiger partial charge in [0.15, 0.2) is 0 Å². The van der Waals surface area contributed by atoms with Crippen LogP contribution < -0.4 is 9.80 Å². The quantitative estimate of drug-likeness (QED) is 0.323. The van der Waals surface area contributed by atoms with Gasteiger partial charge in [-0.25, -0.2) is 0 Å². The molecule has 212 valence electrons. The Hall–Kier alpha value is -2.74. The summed E-state index contributed by atoms with van der Waals surface area (Å²) in [6.45, 7) is 21.6. The van der Waals surface area contributed by atoms with Crippen LogP contribution in [0.2, 0.25) is 0 Å². The lowest BCUT2D eigenvalue weighted by Crippen LogP contribution is -2.42. The molecule has 0 amide bonds. The normalized spacial score (nSPS) is 24.4. The Kier molecular flexibility index (Phi) is 6.26. The van der Waals surface area contributed by atoms with Crippen molar-refractivity contribution >= 4 is 11.4 Å². The number of para-hydroxylation sites is 1. The van der Waals surface area contributed by atoms with E-state index in [0.717, 1.165) is 12.8 Å². The lowest BCUT2D eigenvalue weighted by molar-refractivity contribution is 0.224. The van der Waals surface area contributed by atoms with E-state index in [2.05, 4.69) is 140 Å². The largest absolute Gasteiger partial charge is 0.371 e. The van der Waals surface area contributed by atoms with Gasteiger partial charge in [0.2, 0.25) is 0 Å². The van der Waals surface area contributed by atoms with E-state index in [1.165, 1.54) is 34.5 Å². The molecule has 2 nitrogen and oxygen atoms in total. The molecule has 3 aromatic carbocycles. The fraction of sp³-hybridized carbons (Fsp3) is 0.526. The van der Waals surface area contributed by atoms with Gasteiger partial charge in [-0.1, -0.05) is 90.1 Å². The second-order valence-electron chi connectivity index (χ2n) is 16.0. The maximum Gasteiger partial charge on any atom is 0.0589 e. The van der Waals surface area contributed by atoms with E-state index in [4.69, 9.17) is 0 Å². The van der Waals surface area contributed by atoms with Crippen LogP contribution in [0, 0.1) is 11.3 Å². The molecular weight excluding hydrogens is 484 g/mol. The van der Waals surface area contributed by atoms with E-state index in [-0.39, 0.29) is 16.4 Å². The van der Waals surface area contributed by atoms with Gasteiger partial charge in [0, 0.05) is 30.0 Å². The molecule has 0 fully saturated rings. The molecule has 0 aromatic heterocycles. The predicted octanol–water partition coefficient (Wildman–Crippen LogP) is 9.25. The molecule has 1 aliphatic carbocycles. The highest BCUT2D eigenvalue weighted by molar-refractivity contribution is 5.65. The minimum atomic E-state index is 0.0609. The summed E-state index contributed by atoms with van der Waals surface area (Å²) in [5, 5.41) is 0. The Balaban J connectivity index is 1.38. The predicted molar refractivity (Wildman–Crippen MR) is 172 cm³/mol. The van der Waals surface area contributed by atoms with Gasteiger partial charge in [-0.2, -0.15) is 0 Å². The summed E-state index contributed by atoms with van der Waals surface area (Å²) in [6, 6.07) is 24.5. The molecule has 0 radical (unpaired) electrons. The first kappa shape index (κ1) is 27.4. The summed E-state index contributed by atoms with van der Waals surface area (Å²) in [6.07, 6.45) is 3.43. The lowest BCUT2D eigenvalue weighted by atomic mass is 9.69. The number of hydrogen-bond acceptors (Lipinski definition) is 2. The molecule has 0 bridgehead atoms. The molecule has 4 atom stereocenters. The molecule has 0 spiro atoms. The van der Waals surface area contributed by atoms with E-state index in [9.17, 15) is 0 Å². The summed E-state index contributed by atoms with van der Waals surface area (Å²) in [5.74, 6) is 1.14. The van der Waals surface area contributed by atoms with Gasteiger partial charge in [-0.05, 0) is 108 Å². The molecule has 2 heterocycles. The van der Waals surface area contributed by atoms with Crippen LogP contribution in [0.15, 0.2) is 60.7 Å². The summed E-state index contributed by atoms with van der Waals surface area (Å²) < 4.78 is 0. The third-order valence-electron chi connectivity index (χ3n) is 10.1. The highest BCUT2D eigenvalue weighted by atomic mass is 15.2. The van der Waals surface area contributed by atoms with Gasteiger partial charge in [0.1, 0.15) is 0 Å². The van der Waals surface area contributed by atoms with Crippen LogP contribution in [0.1, 0.15) is 108 Å². The zero-order valence-corrected chi connectivity index (χ0v) is 26.6. The maximum atomic E-state index is 2.68. The van der Waals surface area contributed by atoms with Crippen molar-refractivity contribution in [2.75, 3.05) is 16.8 Å². The van der Waals surface area contributed by atoms with Crippen LogP contribution in [-0.4, -0.2) is 18.6 Å². The zero-order valence-electron chi connectivity index (χ0n) is 26.6. The minimum Gasteiger partial charge on any atom is -0.371 e. The van der Waals surface area contributed by atoms with Crippen molar-refractivity contribution in [3.63, 3.8) is 0 Å². The third kappa shape index (κ3) is 4.38. The van der Waals surface area contributed by atoms with Crippen molar-refractivity contribution in [1.29, 1.82) is 0 Å². The Morgan fingerprint density at radius 1 is 0.700 bits per heavy atom. The van der Waals surface area contributed by atoms with Gasteiger partial charge in [-0.3, -0.25) is 0 Å². The molecule has 0 N–H and O–H groups in total. The number of nitrogens with zero attached hydrogens (tertiary/aromatic N) is 2. The van der Waals surface area contributed by atoms with Crippen molar-refractivity contribution in [2.24, 2.45) is 11.3 Å². The third-order valence-corrected chi connectivity index (χ3v) is 10.1. The van der Waals surface area contributed by atoms with Gasteiger partial charge in [0.25, 0.3) is 0 Å². The van der Waals surface area contributed by atoms with Gasteiger partial charge < -0.3 is 9.80 Å². The molecule has 3 aliphatic rings. The summed E-state index contributed by atoms with van der Waals surface area (Å²) in [4.78, 5) is 5.31. The Morgan fingerprint density at radius 2 is 1.40 bits per heavy atom. The lowest BCUT2D eigenvalue weighted by Gasteiger charge is -2.41. The maximum absolute atomic E-state index is 2.68. The Bertz CT molecular complexity index is 1430. The highest BCUT2D eigenvalue weighted by Gasteiger charge is 2.48. The van der Waals surface area contributed by atoms with Crippen molar-refractivity contribution in [2.45, 2.75) is 111 Å². The molecule has 2 heteroatoms. The second kappa shape index (κ2) is 9.13. The van der Waals surface area contributed by atoms with E-state index in [1.54, 1.807) is 16.7 Å². The average Bonchev–Trinajstić information content (AvgIpc) is 3.53. The molecular formula is C38H50N2. The van der Waals surface area contributed by atoms with Crippen LogP contribution in [0.5, 0.6) is 0 Å². The second-order valence-corrected chi connectivity index (χ2v) is 16.0. The highest BCUT2D eigenvalue weighted by Crippen LogP contribution is 2.54. The SMILES string of the molecule is CN1c2cccc(C(C)(C)C)c2CC1C1Cc2ccc(C3Cc4ccccc4N3C(C)(C)C)cc2C1C(C)(C)C. The van der Waals surface area contributed by atoms with E-state index in [0.29, 0.717) is 23.9 Å². The number of likely N-dealkylation sites (N-methyl/N-ethyl adjacent to an activating group) is 1. The van der Waals surface area contributed by atoms with Gasteiger partial charge in [0.05, 0.1) is 6.04 Å². The first-order valence-electron chi connectivity index (χ1n) is 15.5. The van der Waals surface area contributed by atoms with Crippen molar-refractivity contribution in [1.82, 2.24) is 0 Å². The van der Waals surface area contributed by atoms with E-state index >= 15 is 0 Å². The van der Waals surface area contributed by atoms with Crippen LogP contribution in [0.3, 0.4) is 0 Å². The van der Waals surface area contributed by atoms with E-state index < -0.39 is 0 Å². The topological polar surface area (TPSA) is 6.48 Å². The summed E-state index contributed by atoms with van der Waals surface area (Å²) in [5.41, 5.74) is 12.5. The monoisotopic (exact) mass is 534 g/mol. The molecule has 4 unspecified atom stereocenters. The van der Waals surface area contributed by atoms with Crippen molar-refractivity contribution in [3.05, 3.63) is 94.0 Å². The number of hydrogen-bond donors (Lipinski definition) is 0. The van der Waals surface area contributed by atoms with Gasteiger partial charge in [-0.15, -0.1) is 0 Å². The van der Waals surface area contributed by atoms with Crippen LogP contribution in [-0.2, 0) is 24.7 Å². The van der Waals surface area contributed by atoms with Gasteiger partial charge >= 0.3 is 0 Å². The first-order chi connectivity index (χ1) is 18.7. The number of benzene rings is 3. The zero-order chi connectivity index (χ0) is 28.8. The minimum absolute atomic E-state index is 0.0609. The molecule has 0 saturated heterocycles. The van der Waals surface area contributed by atoms with Crippen molar-refractivity contribution in [3.8, 4) is 0 Å². The standard InChI is InChI=1S/C38H50N2/c1-36(2,3)30-15-13-17-32-28(30)23-34(39(32)10)29-20-24-18-19-26(21-27(24)35(29)37(4,5)6)33-22-25-14-11-12-16-31(25)40(33)38(7,8)9/h11-19,21,29,33-35H,20,22-23H2,1-10H3. The van der Waals surface area contributed by atoms with E-state index in [1.807, 2.05) is 0 Å². The van der Waals surface area contributed by atoms with Crippen LogP contribution >= 0.6 is 0 Å². The molecule has 0 saturated carbocycles. The smallest absolute Gasteiger partial charge is 0.0589 e. The Morgan fingerprint density at radius 3 is 2.08 bits per heavy atom. The summed E-state index contributed by atoms with van der Waals surface area (Å²) >= 11 is 0. The average molecular weight is 535 g/mol. The molecule has 2 aliphatic heterocycles. The molecule has 40 heavy (non-hydrogen) atoms. The Labute approximate surface area is 243 Å².